The van der Waals surface area contributed by atoms with E-state index in [4.69, 9.17) is 12.2 Å². The van der Waals surface area contributed by atoms with Gasteiger partial charge in [0.25, 0.3) is 5.91 Å². The van der Waals surface area contributed by atoms with Crippen LogP contribution in [0.3, 0.4) is 0 Å². The third-order valence-electron chi connectivity index (χ3n) is 4.75. The average molecular weight is 417 g/mol. The minimum absolute atomic E-state index is 0.219. The van der Waals surface area contributed by atoms with Gasteiger partial charge in [-0.2, -0.15) is 5.26 Å². The second-order valence-electron chi connectivity index (χ2n) is 6.52. The van der Waals surface area contributed by atoms with Crippen molar-refractivity contribution in [3.05, 3.63) is 82.5 Å². The molecule has 0 bridgehead atoms. The first-order valence-electron chi connectivity index (χ1n) is 9.20. The zero-order valence-electron chi connectivity index (χ0n) is 15.7. The summed E-state index contributed by atoms with van der Waals surface area (Å²) in [4.78, 5) is 19.4. The molecule has 6 nitrogen and oxygen atoms in total. The number of fused-ring (bicyclic) bond motifs is 1. The summed E-state index contributed by atoms with van der Waals surface area (Å²) in [5.41, 5.74) is 2.51. The fourth-order valence-corrected chi connectivity index (χ4v) is 3.70. The molecule has 2 aromatic heterocycles. The Hall–Kier alpha value is -3.83. The van der Waals surface area contributed by atoms with Gasteiger partial charge in [0.05, 0.1) is 17.5 Å². The predicted octanol–water partition coefficient (Wildman–Crippen LogP) is 4.20. The van der Waals surface area contributed by atoms with Gasteiger partial charge in [0, 0.05) is 24.2 Å². The molecule has 2 N–H and O–H groups in total. The van der Waals surface area contributed by atoms with E-state index in [1.807, 2.05) is 6.07 Å². The number of nitrogens with one attached hydrogen (secondary N) is 2. The number of amides is 1. The molecule has 0 spiro atoms. The maximum atomic E-state index is 14.6. The standard InChI is InChI=1S/C22H16FN5OS/c23-17-9-5-4-8-15(17)19-16(12-24)18-20(22(30)27-13-26-18)28(19)11-10-25-21(29)14-6-2-1-3-7-14/h1-9,13H,10-11H2,(H,25,29)(H,26,27,30). The maximum Gasteiger partial charge on any atom is 0.251 e. The first-order valence-corrected chi connectivity index (χ1v) is 9.60. The number of rotatable bonds is 5. The summed E-state index contributed by atoms with van der Waals surface area (Å²) in [6, 6.07) is 17.2. The summed E-state index contributed by atoms with van der Waals surface area (Å²) in [7, 11) is 0. The summed E-state index contributed by atoms with van der Waals surface area (Å²) >= 11 is 5.38. The van der Waals surface area contributed by atoms with Crippen LogP contribution in [0.4, 0.5) is 4.39 Å². The van der Waals surface area contributed by atoms with Crippen LogP contribution in [0, 0.1) is 21.8 Å². The van der Waals surface area contributed by atoms with E-state index < -0.39 is 5.82 Å². The first-order chi connectivity index (χ1) is 14.6. The summed E-state index contributed by atoms with van der Waals surface area (Å²) in [5.74, 6) is -0.673. The summed E-state index contributed by atoms with van der Waals surface area (Å²) in [6.45, 7) is 0.539. The highest BCUT2D eigenvalue weighted by Gasteiger charge is 2.22. The van der Waals surface area contributed by atoms with Crippen molar-refractivity contribution in [1.82, 2.24) is 19.9 Å². The van der Waals surface area contributed by atoms with Crippen LogP contribution in [0.5, 0.6) is 0 Å². The molecule has 0 aliphatic carbocycles. The largest absolute Gasteiger partial charge is 0.350 e. The molecule has 4 rings (SSSR count). The number of aromatic nitrogens is 3. The van der Waals surface area contributed by atoms with Gasteiger partial charge in [-0.3, -0.25) is 4.79 Å². The number of nitriles is 1. The van der Waals surface area contributed by atoms with E-state index in [2.05, 4.69) is 21.4 Å². The zero-order valence-corrected chi connectivity index (χ0v) is 16.5. The smallest absolute Gasteiger partial charge is 0.251 e. The number of carbonyl (C=O) groups is 1. The topological polar surface area (TPSA) is 86.5 Å². The minimum atomic E-state index is -0.453. The molecule has 30 heavy (non-hydrogen) atoms. The van der Waals surface area contributed by atoms with E-state index in [0.29, 0.717) is 22.3 Å². The summed E-state index contributed by atoms with van der Waals surface area (Å²) < 4.78 is 16.7. The van der Waals surface area contributed by atoms with E-state index in [0.717, 1.165) is 0 Å². The molecule has 2 aromatic carbocycles. The van der Waals surface area contributed by atoms with Gasteiger partial charge >= 0.3 is 0 Å². The van der Waals surface area contributed by atoms with Crippen molar-refractivity contribution >= 4 is 29.2 Å². The van der Waals surface area contributed by atoms with Crippen LogP contribution >= 0.6 is 12.2 Å². The van der Waals surface area contributed by atoms with E-state index in [1.54, 1.807) is 47.0 Å². The highest BCUT2D eigenvalue weighted by molar-refractivity contribution is 7.71. The van der Waals surface area contributed by atoms with Crippen LogP contribution in [0.25, 0.3) is 22.3 Å². The Labute approximate surface area is 176 Å². The number of carbonyl (C=O) groups excluding carboxylic acids is 1. The van der Waals surface area contributed by atoms with Crippen LogP contribution in [0.15, 0.2) is 60.9 Å². The molecule has 0 saturated heterocycles. The van der Waals surface area contributed by atoms with Gasteiger partial charge in [0.2, 0.25) is 0 Å². The lowest BCUT2D eigenvalue weighted by molar-refractivity contribution is 0.0952. The lowest BCUT2D eigenvalue weighted by atomic mass is 10.1. The van der Waals surface area contributed by atoms with Gasteiger partial charge < -0.3 is 14.9 Å². The van der Waals surface area contributed by atoms with Gasteiger partial charge in [0.1, 0.15) is 23.0 Å². The predicted molar refractivity (Wildman–Crippen MR) is 114 cm³/mol. The summed E-state index contributed by atoms with van der Waals surface area (Å²) in [5, 5.41) is 12.7. The zero-order chi connectivity index (χ0) is 21.1. The number of benzene rings is 2. The number of halogens is 1. The van der Waals surface area contributed by atoms with E-state index in [-0.39, 0.29) is 34.8 Å². The number of nitrogens with zero attached hydrogens (tertiary/aromatic N) is 3. The van der Waals surface area contributed by atoms with E-state index in [9.17, 15) is 14.4 Å². The Balaban J connectivity index is 1.78. The van der Waals surface area contributed by atoms with Crippen molar-refractivity contribution in [3.63, 3.8) is 0 Å². The second kappa shape index (κ2) is 8.27. The van der Waals surface area contributed by atoms with Crippen LogP contribution in [0.2, 0.25) is 0 Å². The minimum Gasteiger partial charge on any atom is -0.350 e. The van der Waals surface area contributed by atoms with Crippen LogP contribution in [-0.2, 0) is 6.54 Å². The lowest BCUT2D eigenvalue weighted by Gasteiger charge is -2.12. The van der Waals surface area contributed by atoms with Crippen LogP contribution in [-0.4, -0.2) is 27.0 Å². The van der Waals surface area contributed by atoms with Crippen molar-refractivity contribution in [1.29, 1.82) is 5.26 Å². The molecule has 148 valence electrons. The Bertz CT molecular complexity index is 1340. The first kappa shape index (κ1) is 19.5. The Kier molecular flexibility index (Phi) is 5.37. The molecule has 2 heterocycles. The van der Waals surface area contributed by atoms with Crippen LogP contribution in [0.1, 0.15) is 15.9 Å². The molecule has 0 unspecified atom stereocenters. The lowest BCUT2D eigenvalue weighted by Crippen LogP contribution is -2.27. The molecular formula is C22H16FN5OS. The molecule has 0 fully saturated rings. The molecule has 0 radical (unpaired) electrons. The number of hydrogen-bond acceptors (Lipinski definition) is 4. The molecule has 0 aliphatic heterocycles. The number of hydrogen-bond donors (Lipinski definition) is 2. The molecule has 8 heteroatoms. The van der Waals surface area contributed by atoms with Crippen molar-refractivity contribution in [2.75, 3.05) is 6.54 Å². The quantitative estimate of drug-likeness (QED) is 0.477. The van der Waals surface area contributed by atoms with Crippen LogP contribution < -0.4 is 5.32 Å². The summed E-state index contributed by atoms with van der Waals surface area (Å²) in [6.07, 6.45) is 1.41. The van der Waals surface area contributed by atoms with E-state index >= 15 is 0 Å². The molecule has 0 atom stereocenters. The average Bonchev–Trinajstić information content (AvgIpc) is 3.09. The third kappa shape index (κ3) is 3.47. The van der Waals surface area contributed by atoms with Gasteiger partial charge in [-0.25, -0.2) is 9.37 Å². The van der Waals surface area contributed by atoms with Crippen molar-refractivity contribution in [2.45, 2.75) is 6.54 Å². The van der Waals surface area contributed by atoms with Gasteiger partial charge in [-0.1, -0.05) is 42.5 Å². The highest BCUT2D eigenvalue weighted by atomic mass is 32.1. The van der Waals surface area contributed by atoms with Crippen molar-refractivity contribution in [2.24, 2.45) is 0 Å². The normalized spacial score (nSPS) is 10.7. The monoisotopic (exact) mass is 417 g/mol. The van der Waals surface area contributed by atoms with Crippen molar-refractivity contribution < 1.29 is 9.18 Å². The SMILES string of the molecule is N#Cc1c(-c2ccccc2F)n(CCNC(=O)c2ccccc2)c2c(=S)nc[nH]c12. The molecule has 0 saturated carbocycles. The van der Waals surface area contributed by atoms with Gasteiger partial charge in [-0.15, -0.1) is 0 Å². The van der Waals surface area contributed by atoms with E-state index in [1.165, 1.54) is 12.4 Å². The van der Waals surface area contributed by atoms with Gasteiger partial charge in [0.15, 0.2) is 4.64 Å². The maximum absolute atomic E-state index is 14.6. The Morgan fingerprint density at radius 2 is 1.93 bits per heavy atom. The fourth-order valence-electron chi connectivity index (χ4n) is 3.44. The Morgan fingerprint density at radius 1 is 1.20 bits per heavy atom. The third-order valence-corrected chi connectivity index (χ3v) is 5.05. The van der Waals surface area contributed by atoms with Crippen molar-refractivity contribution in [3.8, 4) is 17.3 Å². The molecular weight excluding hydrogens is 401 g/mol. The molecule has 0 aliphatic rings. The highest BCUT2D eigenvalue weighted by Crippen LogP contribution is 2.33. The number of H-pyrrole nitrogens is 1. The van der Waals surface area contributed by atoms with Gasteiger partial charge in [-0.05, 0) is 24.3 Å². The molecule has 4 aromatic rings. The Morgan fingerprint density at radius 3 is 2.67 bits per heavy atom. The molecule has 1 amide bonds. The fraction of sp³-hybridized carbons (Fsp3) is 0.0909. The second-order valence-corrected chi connectivity index (χ2v) is 6.91. The number of aromatic amines is 1.